The summed E-state index contributed by atoms with van der Waals surface area (Å²) in [5, 5.41) is 0. The number of pyridine rings is 1. The zero-order valence-electron chi connectivity index (χ0n) is 14.8. The van der Waals surface area contributed by atoms with Crippen molar-refractivity contribution in [3.05, 3.63) is 35.5 Å². The molecule has 1 saturated carbocycles. The molecule has 1 aliphatic rings. The molecule has 3 rings (SSSR count). The number of anilines is 2. The molecule has 2 aromatic rings. The number of aryl methyl sites for hydroxylation is 1. The number of nitrogens with zero attached hydrogens (tertiary/aromatic N) is 1. The normalized spacial score (nSPS) is 15.3. The smallest absolute Gasteiger partial charge is 0.147 e. The first-order valence-electron chi connectivity index (χ1n) is 8.75. The minimum Gasteiger partial charge on any atom is -0.497 e. The topological polar surface area (TPSA) is 74.2 Å². The molecule has 0 radical (unpaired) electrons. The molecule has 0 saturated heterocycles. The zero-order chi connectivity index (χ0) is 17.3. The molecular weight excluding hydrogens is 298 g/mol. The number of nitrogen functional groups attached to an aromatic ring is 2. The van der Waals surface area contributed by atoms with Crippen LogP contribution in [0.2, 0.25) is 0 Å². The Kier molecular flexibility index (Phi) is 4.65. The van der Waals surface area contributed by atoms with Gasteiger partial charge < -0.3 is 16.2 Å². The van der Waals surface area contributed by atoms with Crippen LogP contribution < -0.4 is 16.2 Å². The average Bonchev–Trinajstić information content (AvgIpc) is 3.40. The molecule has 0 bridgehead atoms. The maximum atomic E-state index is 6.39. The first kappa shape index (κ1) is 16.6. The third-order valence-corrected chi connectivity index (χ3v) is 5.07. The summed E-state index contributed by atoms with van der Waals surface area (Å²) >= 11 is 0. The monoisotopic (exact) mass is 325 g/mol. The van der Waals surface area contributed by atoms with E-state index in [1.54, 1.807) is 7.11 Å². The van der Waals surface area contributed by atoms with E-state index in [4.69, 9.17) is 16.2 Å². The minimum atomic E-state index is 0.412. The molecule has 1 aromatic heterocycles. The quantitative estimate of drug-likeness (QED) is 0.818. The molecule has 4 N–H and O–H groups in total. The van der Waals surface area contributed by atoms with E-state index in [1.807, 2.05) is 18.3 Å². The zero-order valence-corrected chi connectivity index (χ0v) is 14.8. The maximum absolute atomic E-state index is 6.39. The van der Waals surface area contributed by atoms with E-state index in [9.17, 15) is 0 Å². The van der Waals surface area contributed by atoms with Crippen LogP contribution in [0.4, 0.5) is 11.5 Å². The van der Waals surface area contributed by atoms with E-state index in [0.717, 1.165) is 41.2 Å². The predicted molar refractivity (Wildman–Crippen MR) is 100 cm³/mol. The van der Waals surface area contributed by atoms with Gasteiger partial charge in [-0.15, -0.1) is 0 Å². The van der Waals surface area contributed by atoms with E-state index in [0.29, 0.717) is 17.4 Å². The molecule has 24 heavy (non-hydrogen) atoms. The maximum Gasteiger partial charge on any atom is 0.147 e. The summed E-state index contributed by atoms with van der Waals surface area (Å²) in [7, 11) is 1.68. The summed E-state index contributed by atoms with van der Waals surface area (Å²) in [6.45, 7) is 4.32. The third-order valence-electron chi connectivity index (χ3n) is 5.07. The highest BCUT2D eigenvalue weighted by atomic mass is 16.5. The Morgan fingerprint density at radius 2 is 2.04 bits per heavy atom. The lowest BCUT2D eigenvalue weighted by atomic mass is 9.84. The van der Waals surface area contributed by atoms with Gasteiger partial charge in [0.05, 0.1) is 12.8 Å². The third kappa shape index (κ3) is 3.05. The summed E-state index contributed by atoms with van der Waals surface area (Å²) in [5.41, 5.74) is 17.6. The number of hydrogen-bond donors (Lipinski definition) is 2. The van der Waals surface area contributed by atoms with Gasteiger partial charge in [0.15, 0.2) is 0 Å². The Morgan fingerprint density at radius 3 is 2.62 bits per heavy atom. The number of hydrogen-bond acceptors (Lipinski definition) is 4. The van der Waals surface area contributed by atoms with Crippen molar-refractivity contribution in [3.8, 4) is 16.9 Å². The molecule has 1 fully saturated rings. The van der Waals surface area contributed by atoms with Crippen LogP contribution in [0, 0.1) is 12.8 Å². The van der Waals surface area contributed by atoms with Gasteiger partial charge >= 0.3 is 0 Å². The van der Waals surface area contributed by atoms with Crippen LogP contribution in [0.1, 0.15) is 49.7 Å². The van der Waals surface area contributed by atoms with E-state index in [-0.39, 0.29) is 0 Å². The van der Waals surface area contributed by atoms with Crippen LogP contribution in [-0.2, 0) is 0 Å². The molecule has 1 aromatic carbocycles. The fourth-order valence-electron chi connectivity index (χ4n) is 3.64. The fraction of sp³-hybridized carbons (Fsp3) is 0.450. The van der Waals surface area contributed by atoms with Gasteiger partial charge in [0, 0.05) is 11.8 Å². The van der Waals surface area contributed by atoms with Crippen molar-refractivity contribution in [1.29, 1.82) is 0 Å². The summed E-state index contributed by atoms with van der Waals surface area (Å²) in [6.07, 6.45) is 6.87. The number of nitrogens with two attached hydrogens (primary N) is 2. The van der Waals surface area contributed by atoms with Crippen LogP contribution in [0.15, 0.2) is 24.4 Å². The first-order valence-corrected chi connectivity index (χ1v) is 8.75. The van der Waals surface area contributed by atoms with E-state index in [1.165, 1.54) is 18.4 Å². The number of methoxy groups -OCH3 is 1. The Balaban J connectivity index is 2.16. The van der Waals surface area contributed by atoms with E-state index < -0.39 is 0 Å². The van der Waals surface area contributed by atoms with Crippen LogP contribution in [0.5, 0.6) is 5.75 Å². The molecule has 0 aliphatic heterocycles. The second-order valence-electron chi connectivity index (χ2n) is 6.80. The molecule has 4 heteroatoms. The number of ether oxygens (including phenoxy) is 1. The standard InChI is InChI=1S/C20H27N3O/c1-4-5-16(13-6-7-13)17-11-23-20(22)19(21)18(17)15-9-8-14(24-3)10-12(15)2/h8-11,13,16H,4-7,21H2,1-3H3,(H2,22,23). The van der Waals surface area contributed by atoms with Crippen LogP contribution in [0.3, 0.4) is 0 Å². The lowest BCUT2D eigenvalue weighted by Gasteiger charge is -2.23. The van der Waals surface area contributed by atoms with Gasteiger partial charge in [0.2, 0.25) is 0 Å². The van der Waals surface area contributed by atoms with Crippen molar-refractivity contribution in [2.45, 2.75) is 45.4 Å². The number of aromatic nitrogens is 1. The Bertz CT molecular complexity index is 738. The first-order chi connectivity index (χ1) is 11.6. The highest BCUT2D eigenvalue weighted by Gasteiger charge is 2.34. The lowest BCUT2D eigenvalue weighted by molar-refractivity contribution is 0.414. The second kappa shape index (κ2) is 6.71. The molecule has 1 heterocycles. The molecule has 1 aliphatic carbocycles. The summed E-state index contributed by atoms with van der Waals surface area (Å²) in [5.74, 6) is 2.54. The van der Waals surface area contributed by atoms with Gasteiger partial charge in [-0.25, -0.2) is 4.98 Å². The van der Waals surface area contributed by atoms with Crippen molar-refractivity contribution in [3.63, 3.8) is 0 Å². The molecule has 4 nitrogen and oxygen atoms in total. The van der Waals surface area contributed by atoms with E-state index in [2.05, 4.69) is 24.9 Å². The fourth-order valence-corrected chi connectivity index (χ4v) is 3.64. The van der Waals surface area contributed by atoms with Gasteiger partial charge in [0.25, 0.3) is 0 Å². The van der Waals surface area contributed by atoms with E-state index >= 15 is 0 Å². The van der Waals surface area contributed by atoms with Gasteiger partial charge in [-0.1, -0.05) is 19.4 Å². The second-order valence-corrected chi connectivity index (χ2v) is 6.80. The Morgan fingerprint density at radius 1 is 1.29 bits per heavy atom. The van der Waals surface area contributed by atoms with Gasteiger partial charge in [-0.2, -0.15) is 0 Å². The van der Waals surface area contributed by atoms with Crippen molar-refractivity contribution in [2.24, 2.45) is 5.92 Å². The largest absolute Gasteiger partial charge is 0.497 e. The van der Waals surface area contributed by atoms with Gasteiger partial charge in [-0.3, -0.25) is 0 Å². The average molecular weight is 325 g/mol. The van der Waals surface area contributed by atoms with Gasteiger partial charge in [0.1, 0.15) is 11.6 Å². The SMILES string of the molecule is CCCC(c1cnc(N)c(N)c1-c1ccc(OC)cc1C)C1CC1. The highest BCUT2D eigenvalue weighted by Crippen LogP contribution is 2.49. The summed E-state index contributed by atoms with van der Waals surface area (Å²) < 4.78 is 5.34. The van der Waals surface area contributed by atoms with Crippen molar-refractivity contribution >= 4 is 11.5 Å². The van der Waals surface area contributed by atoms with Crippen LogP contribution in [0.25, 0.3) is 11.1 Å². The van der Waals surface area contributed by atoms with Crippen LogP contribution in [-0.4, -0.2) is 12.1 Å². The number of benzene rings is 1. The predicted octanol–water partition coefficient (Wildman–Crippen LogP) is 4.52. The summed E-state index contributed by atoms with van der Waals surface area (Å²) in [6, 6.07) is 6.11. The lowest BCUT2D eigenvalue weighted by Crippen LogP contribution is -2.09. The highest BCUT2D eigenvalue weighted by molar-refractivity contribution is 5.87. The minimum absolute atomic E-state index is 0.412. The number of rotatable bonds is 6. The molecule has 0 amide bonds. The molecule has 0 spiro atoms. The Hall–Kier alpha value is -2.23. The van der Waals surface area contributed by atoms with Crippen molar-refractivity contribution in [1.82, 2.24) is 4.98 Å². The van der Waals surface area contributed by atoms with Crippen molar-refractivity contribution < 1.29 is 4.74 Å². The van der Waals surface area contributed by atoms with Crippen LogP contribution >= 0.6 is 0 Å². The van der Waals surface area contributed by atoms with Crippen molar-refractivity contribution in [2.75, 3.05) is 18.6 Å². The molecule has 128 valence electrons. The molecule has 1 atom stereocenters. The molecule has 1 unspecified atom stereocenters. The molecular formula is C20H27N3O. The van der Waals surface area contributed by atoms with Gasteiger partial charge in [-0.05, 0) is 66.8 Å². The summed E-state index contributed by atoms with van der Waals surface area (Å²) in [4.78, 5) is 4.37. The Labute approximate surface area is 144 Å².